The van der Waals surface area contributed by atoms with Gasteiger partial charge in [0.05, 0.1) is 34.8 Å². The van der Waals surface area contributed by atoms with E-state index >= 15 is 0 Å². The molecule has 0 heterocycles. The predicted octanol–water partition coefficient (Wildman–Crippen LogP) is 3.96. The second-order valence-corrected chi connectivity index (χ2v) is 8.82. The van der Waals surface area contributed by atoms with Crippen LogP contribution >= 0.6 is 23.2 Å². The van der Waals surface area contributed by atoms with Gasteiger partial charge in [0, 0.05) is 5.02 Å². The zero-order valence-corrected chi connectivity index (χ0v) is 18.3. The second-order valence-electron chi connectivity index (χ2n) is 6.12. The van der Waals surface area contributed by atoms with Crippen molar-refractivity contribution in [2.24, 2.45) is 0 Å². The molecule has 156 valence electrons. The van der Waals surface area contributed by atoms with E-state index in [2.05, 4.69) is 5.32 Å². The molecule has 1 N–H and O–H groups in total. The SMILES string of the molecule is CCOC(=O)c1ccc(NC(=O)C(C)N(c2cccc(Cl)c2)S(C)(=O)=O)c(Cl)c1. The molecule has 0 saturated carbocycles. The number of rotatable bonds is 7. The number of nitrogens with zero attached hydrogens (tertiary/aromatic N) is 1. The van der Waals surface area contributed by atoms with Gasteiger partial charge >= 0.3 is 5.97 Å². The van der Waals surface area contributed by atoms with Crippen LogP contribution in [0.4, 0.5) is 11.4 Å². The van der Waals surface area contributed by atoms with Crippen molar-refractivity contribution in [1.82, 2.24) is 0 Å². The van der Waals surface area contributed by atoms with Crippen LogP contribution in [0.1, 0.15) is 24.2 Å². The molecular weight excluding hydrogens is 439 g/mol. The number of carbonyl (C=O) groups is 2. The number of hydrogen-bond acceptors (Lipinski definition) is 5. The number of carbonyl (C=O) groups excluding carboxylic acids is 2. The number of esters is 1. The summed E-state index contributed by atoms with van der Waals surface area (Å²) in [6, 6.07) is 9.35. The van der Waals surface area contributed by atoms with Crippen molar-refractivity contribution in [2.75, 3.05) is 22.5 Å². The number of amides is 1. The van der Waals surface area contributed by atoms with E-state index in [4.69, 9.17) is 27.9 Å². The van der Waals surface area contributed by atoms with Gasteiger partial charge in [-0.15, -0.1) is 0 Å². The summed E-state index contributed by atoms with van der Waals surface area (Å²) in [4.78, 5) is 24.5. The summed E-state index contributed by atoms with van der Waals surface area (Å²) in [7, 11) is -3.79. The number of nitrogens with one attached hydrogen (secondary N) is 1. The number of sulfonamides is 1. The van der Waals surface area contributed by atoms with Crippen LogP contribution in [0.25, 0.3) is 0 Å². The molecule has 1 atom stereocenters. The maximum Gasteiger partial charge on any atom is 0.338 e. The summed E-state index contributed by atoms with van der Waals surface area (Å²) in [6.45, 7) is 3.35. The van der Waals surface area contributed by atoms with Gasteiger partial charge in [-0.2, -0.15) is 0 Å². The molecule has 0 radical (unpaired) electrons. The first-order chi connectivity index (χ1) is 13.5. The van der Waals surface area contributed by atoms with Gasteiger partial charge in [0.15, 0.2) is 0 Å². The Morgan fingerprint density at radius 2 is 1.86 bits per heavy atom. The Kier molecular flexibility index (Phi) is 7.51. The highest BCUT2D eigenvalue weighted by molar-refractivity contribution is 7.92. The summed E-state index contributed by atoms with van der Waals surface area (Å²) < 4.78 is 30.5. The molecule has 2 rings (SSSR count). The van der Waals surface area contributed by atoms with Crippen LogP contribution in [0.15, 0.2) is 42.5 Å². The topological polar surface area (TPSA) is 92.8 Å². The third-order valence-electron chi connectivity index (χ3n) is 3.89. The van der Waals surface area contributed by atoms with Crippen LogP contribution in [0.2, 0.25) is 10.0 Å². The Morgan fingerprint density at radius 1 is 1.17 bits per heavy atom. The normalized spacial score (nSPS) is 12.2. The third kappa shape index (κ3) is 5.85. The molecule has 29 heavy (non-hydrogen) atoms. The summed E-state index contributed by atoms with van der Waals surface area (Å²) in [5.41, 5.74) is 0.724. The summed E-state index contributed by atoms with van der Waals surface area (Å²) in [5, 5.41) is 3.03. The van der Waals surface area contributed by atoms with Crippen LogP contribution in [0.5, 0.6) is 0 Å². The van der Waals surface area contributed by atoms with E-state index in [9.17, 15) is 18.0 Å². The lowest BCUT2D eigenvalue weighted by molar-refractivity contribution is -0.116. The Hall–Kier alpha value is -2.29. The molecule has 1 amide bonds. The smallest absolute Gasteiger partial charge is 0.338 e. The minimum atomic E-state index is -3.79. The van der Waals surface area contributed by atoms with E-state index in [0.29, 0.717) is 5.02 Å². The van der Waals surface area contributed by atoms with Gasteiger partial charge in [0.1, 0.15) is 6.04 Å². The van der Waals surface area contributed by atoms with E-state index in [1.54, 1.807) is 19.1 Å². The highest BCUT2D eigenvalue weighted by atomic mass is 35.5. The number of anilines is 2. The monoisotopic (exact) mass is 458 g/mol. The molecule has 2 aromatic carbocycles. The van der Waals surface area contributed by atoms with E-state index in [1.807, 2.05) is 0 Å². The second kappa shape index (κ2) is 9.47. The van der Waals surface area contributed by atoms with Gasteiger partial charge in [-0.25, -0.2) is 13.2 Å². The summed E-state index contributed by atoms with van der Waals surface area (Å²) >= 11 is 12.1. The molecule has 0 saturated heterocycles. The molecule has 0 spiro atoms. The Labute approximate surface area is 179 Å². The minimum Gasteiger partial charge on any atom is -0.462 e. The number of halogens is 2. The van der Waals surface area contributed by atoms with E-state index in [0.717, 1.165) is 10.6 Å². The Morgan fingerprint density at radius 3 is 2.41 bits per heavy atom. The fourth-order valence-corrected chi connectivity index (χ4v) is 4.20. The first kappa shape index (κ1) is 23.0. The van der Waals surface area contributed by atoms with Crippen molar-refractivity contribution < 1.29 is 22.7 Å². The van der Waals surface area contributed by atoms with Gasteiger partial charge in [-0.05, 0) is 50.2 Å². The van der Waals surface area contributed by atoms with Crippen LogP contribution in [0.3, 0.4) is 0 Å². The molecule has 0 aromatic heterocycles. The quantitative estimate of drug-likeness (QED) is 0.633. The minimum absolute atomic E-state index is 0.116. The highest BCUT2D eigenvalue weighted by Gasteiger charge is 2.29. The first-order valence-corrected chi connectivity index (χ1v) is 11.2. The number of hydrogen-bond donors (Lipinski definition) is 1. The molecule has 10 heteroatoms. The van der Waals surface area contributed by atoms with E-state index in [1.165, 1.54) is 37.3 Å². The van der Waals surface area contributed by atoms with Gasteiger partial charge in [-0.1, -0.05) is 29.3 Å². The third-order valence-corrected chi connectivity index (χ3v) is 5.68. The van der Waals surface area contributed by atoms with Crippen molar-refractivity contribution in [3.05, 3.63) is 58.1 Å². The largest absolute Gasteiger partial charge is 0.462 e. The van der Waals surface area contributed by atoms with Crippen molar-refractivity contribution in [1.29, 1.82) is 0 Å². The predicted molar refractivity (Wildman–Crippen MR) is 114 cm³/mol. The molecule has 0 aliphatic heterocycles. The highest BCUT2D eigenvalue weighted by Crippen LogP contribution is 2.27. The van der Waals surface area contributed by atoms with E-state index in [-0.39, 0.29) is 28.6 Å². The molecule has 0 fully saturated rings. The molecule has 0 aliphatic rings. The van der Waals surface area contributed by atoms with Crippen molar-refractivity contribution in [2.45, 2.75) is 19.9 Å². The van der Waals surface area contributed by atoms with Gasteiger partial charge in [-0.3, -0.25) is 9.10 Å². The molecule has 2 aromatic rings. The van der Waals surface area contributed by atoms with E-state index < -0.39 is 27.9 Å². The van der Waals surface area contributed by atoms with Crippen LogP contribution in [-0.4, -0.2) is 39.2 Å². The average Bonchev–Trinajstić information content (AvgIpc) is 2.62. The number of benzene rings is 2. The lowest BCUT2D eigenvalue weighted by atomic mass is 10.2. The molecule has 1 unspecified atom stereocenters. The molecule has 7 nitrogen and oxygen atoms in total. The fourth-order valence-electron chi connectivity index (χ4n) is 2.62. The standard InChI is InChI=1S/C19H20Cl2N2O5S/c1-4-28-19(25)13-8-9-17(16(21)10-13)22-18(24)12(2)23(29(3,26)27)15-7-5-6-14(20)11-15/h5-12H,4H2,1-3H3,(H,22,24). The summed E-state index contributed by atoms with van der Waals surface area (Å²) in [6.07, 6.45) is 0.999. The van der Waals surface area contributed by atoms with Crippen molar-refractivity contribution in [3.8, 4) is 0 Å². The van der Waals surface area contributed by atoms with Gasteiger partial charge < -0.3 is 10.1 Å². The molecular formula is C19H20Cl2N2O5S. The van der Waals surface area contributed by atoms with Crippen LogP contribution in [-0.2, 0) is 19.6 Å². The zero-order chi connectivity index (χ0) is 21.8. The maximum atomic E-state index is 12.7. The first-order valence-electron chi connectivity index (χ1n) is 8.57. The van der Waals surface area contributed by atoms with Gasteiger partial charge in [0.25, 0.3) is 0 Å². The fraction of sp³-hybridized carbons (Fsp3) is 0.263. The lowest BCUT2D eigenvalue weighted by Crippen LogP contribution is -2.45. The zero-order valence-electron chi connectivity index (χ0n) is 16.0. The average molecular weight is 459 g/mol. The van der Waals surface area contributed by atoms with Gasteiger partial charge in [0.2, 0.25) is 15.9 Å². The lowest BCUT2D eigenvalue weighted by Gasteiger charge is -2.28. The Balaban J connectivity index is 2.27. The van der Waals surface area contributed by atoms with Crippen molar-refractivity contribution >= 4 is 56.5 Å². The Bertz CT molecular complexity index is 1030. The van der Waals surface area contributed by atoms with Crippen LogP contribution in [0, 0.1) is 0 Å². The molecule has 0 aliphatic carbocycles. The van der Waals surface area contributed by atoms with Crippen LogP contribution < -0.4 is 9.62 Å². The summed E-state index contributed by atoms with van der Waals surface area (Å²) in [5.74, 6) is -1.15. The molecule has 0 bridgehead atoms. The van der Waals surface area contributed by atoms with Crippen molar-refractivity contribution in [3.63, 3.8) is 0 Å². The number of ether oxygens (including phenoxy) is 1. The maximum absolute atomic E-state index is 12.7.